The van der Waals surface area contributed by atoms with Gasteiger partial charge in [-0.15, -0.1) is 0 Å². The first kappa shape index (κ1) is 22.7. The summed E-state index contributed by atoms with van der Waals surface area (Å²) in [5.41, 5.74) is 3.24. The van der Waals surface area contributed by atoms with Crippen molar-refractivity contribution >= 4 is 28.1 Å². The number of nitrogens with one attached hydrogen (secondary N) is 2. The number of H-pyrrole nitrogens is 1. The first-order valence-electron chi connectivity index (χ1n) is 10.7. The van der Waals surface area contributed by atoms with Crippen LogP contribution in [0.1, 0.15) is 46.9 Å². The van der Waals surface area contributed by atoms with Gasteiger partial charge in [-0.25, -0.2) is 5.10 Å². The molecule has 2 heterocycles. The molecule has 0 bridgehead atoms. The zero-order valence-electron chi connectivity index (χ0n) is 18.8. The molecule has 0 aliphatic heterocycles. The highest BCUT2D eigenvalue weighted by Crippen LogP contribution is 2.26. The van der Waals surface area contributed by atoms with Crippen LogP contribution in [0, 0.1) is 6.92 Å². The molecule has 0 radical (unpaired) electrons. The minimum Gasteiger partial charge on any atom is -0.489 e. The normalized spacial score (nSPS) is 11.5. The van der Waals surface area contributed by atoms with Gasteiger partial charge in [0.2, 0.25) is 0 Å². The molecule has 0 saturated carbocycles. The Kier molecular flexibility index (Phi) is 6.55. The van der Waals surface area contributed by atoms with Crippen molar-refractivity contribution in [3.05, 3.63) is 86.1 Å². The number of nitrogens with zero attached hydrogens (tertiary/aromatic N) is 2. The third-order valence-corrected chi connectivity index (χ3v) is 6.61. The highest BCUT2D eigenvalue weighted by Gasteiger charge is 2.24. The predicted molar refractivity (Wildman–Crippen MR) is 130 cm³/mol. The van der Waals surface area contributed by atoms with E-state index in [1.165, 1.54) is 0 Å². The van der Waals surface area contributed by atoms with Gasteiger partial charge in [0.05, 0.1) is 5.52 Å². The topological polar surface area (TPSA) is 97.0 Å². The van der Waals surface area contributed by atoms with E-state index < -0.39 is 0 Å². The van der Waals surface area contributed by atoms with Crippen molar-refractivity contribution < 1.29 is 9.53 Å². The Morgan fingerprint density at radius 1 is 1.15 bits per heavy atom. The molecule has 0 atom stereocenters. The van der Waals surface area contributed by atoms with Gasteiger partial charge in [0.25, 0.3) is 5.91 Å². The smallest absolute Gasteiger partial charge is 0.322 e. The second kappa shape index (κ2) is 9.54. The maximum Gasteiger partial charge on any atom is 0.322 e. The van der Waals surface area contributed by atoms with Crippen LogP contribution in [0.2, 0.25) is 0 Å². The van der Waals surface area contributed by atoms with E-state index in [-0.39, 0.29) is 16.2 Å². The molecule has 0 saturated heterocycles. The lowest BCUT2D eigenvalue weighted by Crippen LogP contribution is -2.29. The monoisotopic (exact) mass is 462 g/mol. The van der Waals surface area contributed by atoms with Crippen molar-refractivity contribution in [2.75, 3.05) is 6.54 Å². The lowest BCUT2D eigenvalue weighted by atomic mass is 9.90. The fourth-order valence-electron chi connectivity index (χ4n) is 3.59. The van der Waals surface area contributed by atoms with E-state index >= 15 is 0 Å². The summed E-state index contributed by atoms with van der Waals surface area (Å²) in [5, 5.41) is 11.3. The van der Waals surface area contributed by atoms with Gasteiger partial charge in [0, 0.05) is 34.2 Å². The third-order valence-electron chi connectivity index (χ3n) is 5.49. The van der Waals surface area contributed by atoms with Crippen LogP contribution in [0.15, 0.2) is 59.4 Å². The predicted octanol–water partition coefficient (Wildman–Crippen LogP) is 4.36. The molecule has 0 aliphatic carbocycles. The first-order chi connectivity index (χ1) is 15.8. The minimum absolute atomic E-state index is 0.150. The molecule has 4 aromatic rings. The summed E-state index contributed by atoms with van der Waals surface area (Å²) < 4.78 is 5.97. The molecule has 4 rings (SSSR count). The van der Waals surface area contributed by atoms with Gasteiger partial charge in [-0.2, -0.15) is 5.10 Å². The summed E-state index contributed by atoms with van der Waals surface area (Å²) in [5.74, 6) is 0.544. The lowest BCUT2D eigenvalue weighted by molar-refractivity contribution is 0.0951. The highest BCUT2D eigenvalue weighted by molar-refractivity contribution is 7.09. The molecule has 170 valence electrons. The van der Waals surface area contributed by atoms with Crippen molar-refractivity contribution in [2.45, 2.75) is 39.2 Å². The number of benzene rings is 2. The molecule has 2 N–H and O–H groups in total. The Balaban J connectivity index is 1.33. The quantitative estimate of drug-likeness (QED) is 0.405. The minimum atomic E-state index is -0.301. The van der Waals surface area contributed by atoms with Gasteiger partial charge in [-0.3, -0.25) is 14.6 Å². The average Bonchev–Trinajstić information content (AvgIpc) is 3.25. The number of hydrogen-bond acceptors (Lipinski definition) is 6. The van der Waals surface area contributed by atoms with Crippen LogP contribution in [-0.4, -0.2) is 27.6 Å². The SMILES string of the molecule is Cc1cc(COc2ccc(C(=O)NCCC(C)(C)c3n[nH]c(=O)s3)cc2)c2ccccc2n1. The van der Waals surface area contributed by atoms with E-state index in [0.717, 1.165) is 38.5 Å². The molecule has 1 amide bonds. The van der Waals surface area contributed by atoms with Crippen molar-refractivity contribution in [1.29, 1.82) is 0 Å². The van der Waals surface area contributed by atoms with Gasteiger partial charge in [-0.05, 0) is 49.7 Å². The number of hydrogen-bond donors (Lipinski definition) is 2. The summed E-state index contributed by atoms with van der Waals surface area (Å²) in [6.07, 6.45) is 0.667. The number of aryl methyl sites for hydroxylation is 1. The molecule has 8 heteroatoms. The lowest BCUT2D eigenvalue weighted by Gasteiger charge is -2.21. The van der Waals surface area contributed by atoms with E-state index in [9.17, 15) is 9.59 Å². The number of pyridine rings is 1. The van der Waals surface area contributed by atoms with Gasteiger partial charge in [0.15, 0.2) is 0 Å². The van der Waals surface area contributed by atoms with E-state index in [2.05, 4.69) is 20.5 Å². The molecule has 0 fully saturated rings. The number of rotatable bonds is 8. The zero-order valence-corrected chi connectivity index (χ0v) is 19.7. The Morgan fingerprint density at radius 3 is 2.64 bits per heavy atom. The second-order valence-electron chi connectivity index (χ2n) is 8.56. The van der Waals surface area contributed by atoms with Crippen LogP contribution in [0.5, 0.6) is 5.75 Å². The number of amides is 1. The Morgan fingerprint density at radius 2 is 1.91 bits per heavy atom. The summed E-state index contributed by atoms with van der Waals surface area (Å²) in [6, 6.07) is 17.2. The van der Waals surface area contributed by atoms with Gasteiger partial charge >= 0.3 is 4.87 Å². The molecule has 33 heavy (non-hydrogen) atoms. The summed E-state index contributed by atoms with van der Waals surface area (Å²) in [4.78, 5) is 28.3. The van der Waals surface area contributed by atoms with Gasteiger partial charge < -0.3 is 10.1 Å². The number of aromatic amines is 1. The number of ether oxygens (including phenoxy) is 1. The molecule has 2 aromatic heterocycles. The van der Waals surface area contributed by atoms with Crippen LogP contribution in [-0.2, 0) is 12.0 Å². The van der Waals surface area contributed by atoms with Crippen molar-refractivity contribution in [2.24, 2.45) is 0 Å². The number of carbonyl (C=O) groups excluding carboxylic acids is 1. The fourth-order valence-corrected chi connectivity index (χ4v) is 4.33. The highest BCUT2D eigenvalue weighted by atomic mass is 32.1. The molecular weight excluding hydrogens is 436 g/mol. The Labute approximate surface area is 195 Å². The summed E-state index contributed by atoms with van der Waals surface area (Å²) in [6.45, 7) is 6.88. The average molecular weight is 463 g/mol. The van der Waals surface area contributed by atoms with E-state index in [0.29, 0.717) is 30.9 Å². The molecule has 0 spiro atoms. The molecule has 0 unspecified atom stereocenters. The summed E-state index contributed by atoms with van der Waals surface area (Å²) >= 11 is 1.10. The number of aromatic nitrogens is 3. The standard InChI is InChI=1S/C25H26N4O3S/c1-16-14-18(20-6-4-5-7-21(20)27-16)15-32-19-10-8-17(9-11-19)22(30)26-13-12-25(2,3)23-28-29-24(31)33-23/h4-11,14H,12-13,15H2,1-3H3,(H,26,30)(H,29,31). The maximum absolute atomic E-state index is 12.5. The van der Waals surface area contributed by atoms with Gasteiger partial charge in [-0.1, -0.05) is 43.4 Å². The van der Waals surface area contributed by atoms with Crippen molar-refractivity contribution in [1.82, 2.24) is 20.5 Å². The Hall–Kier alpha value is -3.52. The van der Waals surface area contributed by atoms with E-state index in [4.69, 9.17) is 4.74 Å². The van der Waals surface area contributed by atoms with Crippen LogP contribution in [0.4, 0.5) is 0 Å². The maximum atomic E-state index is 12.5. The number of carbonyl (C=O) groups is 1. The second-order valence-corrected chi connectivity index (χ2v) is 9.52. The van der Waals surface area contributed by atoms with Crippen LogP contribution < -0.4 is 14.9 Å². The van der Waals surface area contributed by atoms with Crippen molar-refractivity contribution in [3.8, 4) is 5.75 Å². The van der Waals surface area contributed by atoms with Gasteiger partial charge in [0.1, 0.15) is 17.4 Å². The first-order valence-corrected chi connectivity index (χ1v) is 11.6. The zero-order chi connectivity index (χ0) is 23.4. The van der Waals surface area contributed by atoms with E-state index in [1.54, 1.807) is 24.3 Å². The third kappa shape index (κ3) is 5.46. The molecular formula is C25H26N4O3S. The van der Waals surface area contributed by atoms with Crippen LogP contribution in [0.25, 0.3) is 10.9 Å². The number of para-hydroxylation sites is 1. The van der Waals surface area contributed by atoms with E-state index in [1.807, 2.05) is 51.1 Å². The van der Waals surface area contributed by atoms with Crippen LogP contribution in [0.3, 0.4) is 0 Å². The number of fused-ring (bicyclic) bond motifs is 1. The van der Waals surface area contributed by atoms with Crippen LogP contribution >= 0.6 is 11.3 Å². The largest absolute Gasteiger partial charge is 0.489 e. The van der Waals surface area contributed by atoms with Crippen molar-refractivity contribution in [3.63, 3.8) is 0 Å². The fraction of sp³-hybridized carbons (Fsp3) is 0.280. The molecule has 0 aliphatic rings. The molecule has 2 aromatic carbocycles. The Bertz CT molecular complexity index is 1330. The molecule has 7 nitrogen and oxygen atoms in total. The summed E-state index contributed by atoms with van der Waals surface area (Å²) in [7, 11) is 0.